The van der Waals surface area contributed by atoms with Crippen LogP contribution in [0.5, 0.6) is 11.5 Å². The van der Waals surface area contributed by atoms with Crippen LogP contribution in [0.3, 0.4) is 0 Å². The van der Waals surface area contributed by atoms with Crippen molar-refractivity contribution >= 4 is 11.9 Å². The highest BCUT2D eigenvalue weighted by Gasteiger charge is 2.14. The molecule has 0 aliphatic carbocycles. The summed E-state index contributed by atoms with van der Waals surface area (Å²) < 4.78 is 16.9. The molecule has 0 N–H and O–H groups in total. The van der Waals surface area contributed by atoms with Crippen molar-refractivity contribution < 1.29 is 23.8 Å². The van der Waals surface area contributed by atoms with Crippen molar-refractivity contribution in [2.45, 2.75) is 97.5 Å². The van der Waals surface area contributed by atoms with Gasteiger partial charge in [-0.25, -0.2) is 9.59 Å². The Morgan fingerprint density at radius 1 is 0.585 bits per heavy atom. The van der Waals surface area contributed by atoms with E-state index >= 15 is 0 Å². The maximum atomic E-state index is 12.7. The molecule has 0 aromatic heterocycles. The van der Waals surface area contributed by atoms with Crippen LogP contribution in [0.4, 0.5) is 0 Å². The van der Waals surface area contributed by atoms with E-state index in [-0.39, 0.29) is 12.1 Å². The molecule has 41 heavy (non-hydrogen) atoms. The van der Waals surface area contributed by atoms with Crippen LogP contribution in [0.25, 0.3) is 11.1 Å². The molecule has 5 nitrogen and oxygen atoms in total. The van der Waals surface area contributed by atoms with Crippen molar-refractivity contribution in [2.24, 2.45) is 0 Å². The van der Waals surface area contributed by atoms with Gasteiger partial charge in [-0.05, 0) is 85.8 Å². The minimum absolute atomic E-state index is 0.124. The highest BCUT2D eigenvalue weighted by atomic mass is 16.5. The average Bonchev–Trinajstić information content (AvgIpc) is 2.99. The van der Waals surface area contributed by atoms with Crippen molar-refractivity contribution in [2.75, 3.05) is 6.61 Å². The summed E-state index contributed by atoms with van der Waals surface area (Å²) in [4.78, 5) is 25.1. The van der Waals surface area contributed by atoms with Crippen LogP contribution in [-0.4, -0.2) is 24.6 Å². The molecule has 1 unspecified atom stereocenters. The van der Waals surface area contributed by atoms with E-state index < -0.39 is 5.97 Å². The predicted molar refractivity (Wildman–Crippen MR) is 166 cm³/mol. The first-order valence-electron chi connectivity index (χ1n) is 15.4. The summed E-state index contributed by atoms with van der Waals surface area (Å²) in [6, 6.07) is 21.9. The number of carbonyl (C=O) groups excluding carboxylic acids is 2. The molecule has 1 atom stereocenters. The normalized spacial score (nSPS) is 11.6. The maximum Gasteiger partial charge on any atom is 0.343 e. The van der Waals surface area contributed by atoms with Gasteiger partial charge >= 0.3 is 11.9 Å². The number of hydrogen-bond acceptors (Lipinski definition) is 5. The molecular formula is C36H46O5. The molecule has 0 saturated heterocycles. The fourth-order valence-electron chi connectivity index (χ4n) is 4.61. The number of benzene rings is 3. The first-order chi connectivity index (χ1) is 20.0. The molecule has 0 heterocycles. The third-order valence-electron chi connectivity index (χ3n) is 7.15. The van der Waals surface area contributed by atoms with Crippen molar-refractivity contribution in [3.8, 4) is 22.6 Å². The lowest BCUT2D eigenvalue weighted by atomic mass is 10.0. The Bertz CT molecular complexity index is 1170. The summed E-state index contributed by atoms with van der Waals surface area (Å²) in [5.74, 6) is 0.434. The van der Waals surface area contributed by atoms with Crippen LogP contribution in [-0.2, 0) is 4.74 Å². The molecule has 0 aliphatic heterocycles. The van der Waals surface area contributed by atoms with Gasteiger partial charge < -0.3 is 14.2 Å². The van der Waals surface area contributed by atoms with E-state index in [9.17, 15) is 9.59 Å². The van der Waals surface area contributed by atoms with E-state index in [0.717, 1.165) is 49.2 Å². The maximum absolute atomic E-state index is 12.7. The first-order valence-corrected chi connectivity index (χ1v) is 15.4. The second kappa shape index (κ2) is 18.0. The monoisotopic (exact) mass is 558 g/mol. The number of ether oxygens (including phenoxy) is 3. The Labute approximate surface area is 246 Å². The molecule has 3 rings (SSSR count). The second-order valence-corrected chi connectivity index (χ2v) is 10.7. The van der Waals surface area contributed by atoms with Crippen molar-refractivity contribution in [1.29, 1.82) is 0 Å². The van der Waals surface area contributed by atoms with Crippen molar-refractivity contribution in [3.63, 3.8) is 0 Å². The summed E-state index contributed by atoms with van der Waals surface area (Å²) in [5.41, 5.74) is 2.95. The zero-order valence-corrected chi connectivity index (χ0v) is 25.0. The number of esters is 2. The van der Waals surface area contributed by atoms with Crippen LogP contribution >= 0.6 is 0 Å². The van der Waals surface area contributed by atoms with Gasteiger partial charge in [0.05, 0.1) is 23.8 Å². The smallest absolute Gasteiger partial charge is 0.343 e. The van der Waals surface area contributed by atoms with Gasteiger partial charge in [0.25, 0.3) is 0 Å². The van der Waals surface area contributed by atoms with Crippen molar-refractivity contribution in [3.05, 3.63) is 83.9 Å². The number of rotatable bonds is 18. The van der Waals surface area contributed by atoms with E-state index in [2.05, 4.69) is 13.8 Å². The van der Waals surface area contributed by atoms with E-state index in [4.69, 9.17) is 14.2 Å². The highest BCUT2D eigenvalue weighted by Crippen LogP contribution is 2.24. The average molecular weight is 559 g/mol. The quantitative estimate of drug-likeness (QED) is 0.0883. The van der Waals surface area contributed by atoms with Gasteiger partial charge in [-0.15, -0.1) is 0 Å². The molecule has 0 radical (unpaired) electrons. The minimum Gasteiger partial charge on any atom is -0.494 e. The predicted octanol–water partition coefficient (Wildman–Crippen LogP) is 9.83. The zero-order valence-electron chi connectivity index (χ0n) is 25.0. The second-order valence-electron chi connectivity index (χ2n) is 10.7. The Morgan fingerprint density at radius 3 is 1.71 bits per heavy atom. The molecule has 0 spiro atoms. The van der Waals surface area contributed by atoms with Gasteiger partial charge in [-0.2, -0.15) is 0 Å². The van der Waals surface area contributed by atoms with E-state index in [1.807, 2.05) is 43.3 Å². The lowest BCUT2D eigenvalue weighted by Gasteiger charge is -2.13. The summed E-state index contributed by atoms with van der Waals surface area (Å²) in [6.45, 7) is 7.07. The summed E-state index contributed by atoms with van der Waals surface area (Å²) in [6.07, 6.45) is 12.8. The lowest BCUT2D eigenvalue weighted by molar-refractivity contribution is 0.0319. The van der Waals surface area contributed by atoms with Crippen LogP contribution < -0.4 is 9.47 Å². The zero-order chi connectivity index (χ0) is 29.3. The standard InChI is InChI=1S/C36H46O5/c1-4-6-8-10-11-13-27-39-33-23-19-30(20-24-33)29-15-17-31(18-16-29)36(38)41-34-25-21-32(22-26-34)35(37)40-28(3)14-12-9-7-5-2/h15-26,28H,4-14,27H2,1-3H3. The van der Waals surface area contributed by atoms with E-state index in [1.54, 1.807) is 36.4 Å². The summed E-state index contributed by atoms with van der Waals surface area (Å²) in [7, 11) is 0. The molecule has 3 aromatic carbocycles. The molecule has 5 heteroatoms. The van der Waals surface area contributed by atoms with Crippen LogP contribution in [0.2, 0.25) is 0 Å². The SMILES string of the molecule is CCCCCCCCOc1ccc(-c2ccc(C(=O)Oc3ccc(C(=O)OC(C)CCCCCC)cc3)cc2)cc1. The Kier molecular flexibility index (Phi) is 14.0. The molecule has 3 aromatic rings. The third-order valence-corrected chi connectivity index (χ3v) is 7.15. The van der Waals surface area contributed by atoms with Gasteiger partial charge in [0.1, 0.15) is 11.5 Å². The van der Waals surface area contributed by atoms with E-state index in [1.165, 1.54) is 44.9 Å². The lowest BCUT2D eigenvalue weighted by Crippen LogP contribution is -2.15. The summed E-state index contributed by atoms with van der Waals surface area (Å²) >= 11 is 0. The van der Waals surface area contributed by atoms with Crippen molar-refractivity contribution in [1.82, 2.24) is 0 Å². The number of unbranched alkanes of at least 4 members (excludes halogenated alkanes) is 8. The van der Waals surface area contributed by atoms with Gasteiger partial charge in [-0.1, -0.05) is 89.5 Å². The molecule has 0 bridgehead atoms. The van der Waals surface area contributed by atoms with E-state index in [0.29, 0.717) is 16.9 Å². The highest BCUT2D eigenvalue weighted by molar-refractivity contribution is 5.92. The molecular weight excluding hydrogens is 512 g/mol. The fraction of sp³-hybridized carbons (Fsp3) is 0.444. The van der Waals surface area contributed by atoms with Gasteiger partial charge in [0.2, 0.25) is 0 Å². The topological polar surface area (TPSA) is 61.8 Å². The van der Waals surface area contributed by atoms with Gasteiger partial charge in [0, 0.05) is 0 Å². The number of carbonyl (C=O) groups is 2. The fourth-order valence-corrected chi connectivity index (χ4v) is 4.61. The van der Waals surface area contributed by atoms with Gasteiger partial charge in [0.15, 0.2) is 0 Å². The van der Waals surface area contributed by atoms with Crippen LogP contribution in [0, 0.1) is 0 Å². The largest absolute Gasteiger partial charge is 0.494 e. The molecule has 220 valence electrons. The van der Waals surface area contributed by atoms with Crippen LogP contribution in [0.1, 0.15) is 112 Å². The molecule has 0 saturated carbocycles. The Hall–Kier alpha value is -3.60. The van der Waals surface area contributed by atoms with Crippen LogP contribution in [0.15, 0.2) is 72.8 Å². The Morgan fingerprint density at radius 2 is 1.07 bits per heavy atom. The first kappa shape index (κ1) is 31.9. The molecule has 0 fully saturated rings. The Balaban J connectivity index is 1.44. The molecule has 0 amide bonds. The van der Waals surface area contributed by atoms with Gasteiger partial charge in [-0.3, -0.25) is 0 Å². The third kappa shape index (κ3) is 11.4. The number of hydrogen-bond donors (Lipinski definition) is 0. The molecule has 0 aliphatic rings. The minimum atomic E-state index is -0.453. The summed E-state index contributed by atoms with van der Waals surface area (Å²) in [5, 5.41) is 0.